The third-order valence-corrected chi connectivity index (χ3v) is 13.7. The molecule has 0 aromatic rings. The van der Waals surface area contributed by atoms with Crippen LogP contribution in [0.4, 0.5) is 0 Å². The van der Waals surface area contributed by atoms with Gasteiger partial charge in [-0.3, -0.25) is 0 Å². The maximum absolute atomic E-state index is 7.04. The van der Waals surface area contributed by atoms with Crippen LogP contribution in [0.1, 0.15) is 80.6 Å². The molecule has 0 aromatic carbocycles. The highest BCUT2D eigenvalue weighted by molar-refractivity contribution is 6.74. The van der Waals surface area contributed by atoms with E-state index in [1.807, 2.05) is 0 Å². The van der Waals surface area contributed by atoms with Crippen molar-refractivity contribution in [3.63, 3.8) is 0 Å². The number of rotatable bonds is 10. The van der Waals surface area contributed by atoms with Crippen LogP contribution in [0.5, 0.6) is 0 Å². The first kappa shape index (κ1) is 27.8. The predicted octanol–water partition coefficient (Wildman–Crippen LogP) is 7.99. The average Bonchev–Trinajstić information content (AvgIpc) is 3.03. The summed E-state index contributed by atoms with van der Waals surface area (Å²) in [5.74, 6) is 2.30. The summed E-state index contributed by atoms with van der Waals surface area (Å²) in [4.78, 5) is 0. The molecule has 186 valence electrons. The van der Waals surface area contributed by atoms with Crippen LogP contribution >= 0.6 is 0 Å². The van der Waals surface area contributed by atoms with Gasteiger partial charge in [-0.05, 0) is 86.7 Å². The van der Waals surface area contributed by atoms with Crippen molar-refractivity contribution in [1.82, 2.24) is 0 Å². The molecule has 0 N–H and O–H groups in total. The summed E-state index contributed by atoms with van der Waals surface area (Å²) in [6, 6.07) is 0. The number of fused-ring (bicyclic) bond motifs is 1. The van der Waals surface area contributed by atoms with Gasteiger partial charge in [0, 0.05) is 13.2 Å². The Morgan fingerprint density at radius 1 is 1.12 bits per heavy atom. The smallest absolute Gasteiger partial charge is 0.192 e. The minimum absolute atomic E-state index is 0.266. The molecule has 0 bridgehead atoms. The van der Waals surface area contributed by atoms with Crippen LogP contribution in [0.15, 0.2) is 24.8 Å². The van der Waals surface area contributed by atoms with E-state index < -0.39 is 8.32 Å². The van der Waals surface area contributed by atoms with Crippen LogP contribution in [-0.2, 0) is 13.9 Å². The molecule has 0 radical (unpaired) electrons. The van der Waals surface area contributed by atoms with Crippen LogP contribution in [0, 0.1) is 29.1 Å². The lowest BCUT2D eigenvalue weighted by Gasteiger charge is -2.50. The van der Waals surface area contributed by atoms with E-state index in [0.717, 1.165) is 0 Å². The van der Waals surface area contributed by atoms with E-state index in [9.17, 15) is 0 Å². The first-order valence-electron chi connectivity index (χ1n) is 12.8. The van der Waals surface area contributed by atoms with E-state index in [4.69, 9.17) is 13.9 Å². The van der Waals surface area contributed by atoms with E-state index in [2.05, 4.69) is 86.4 Å². The second-order valence-corrected chi connectivity index (χ2v) is 17.5. The van der Waals surface area contributed by atoms with Gasteiger partial charge in [-0.25, -0.2) is 0 Å². The van der Waals surface area contributed by atoms with E-state index in [-0.39, 0.29) is 10.6 Å². The van der Waals surface area contributed by atoms with Gasteiger partial charge in [-0.2, -0.15) is 0 Å². The van der Waals surface area contributed by atoms with Crippen molar-refractivity contribution < 1.29 is 13.9 Å². The van der Waals surface area contributed by atoms with Gasteiger partial charge >= 0.3 is 0 Å². The van der Waals surface area contributed by atoms with Crippen LogP contribution in [0.3, 0.4) is 0 Å². The normalized spacial score (nSPS) is 31.5. The van der Waals surface area contributed by atoms with E-state index >= 15 is 0 Å². The Kier molecular flexibility index (Phi) is 9.09. The summed E-state index contributed by atoms with van der Waals surface area (Å²) in [6.07, 6.45) is 13.6. The molecular formula is C28H52O3Si. The zero-order valence-electron chi connectivity index (χ0n) is 22.8. The number of allylic oxidation sites excluding steroid dienone is 2. The zero-order valence-corrected chi connectivity index (χ0v) is 23.8. The van der Waals surface area contributed by atoms with Gasteiger partial charge in [0.25, 0.3) is 0 Å². The first-order valence-corrected chi connectivity index (χ1v) is 15.7. The Morgan fingerprint density at radius 2 is 1.78 bits per heavy atom. The Hall–Kier alpha value is -0.423. The van der Waals surface area contributed by atoms with Crippen molar-refractivity contribution in [2.45, 2.75) is 110 Å². The fraction of sp³-hybridized carbons (Fsp3) is 0.857. The second kappa shape index (κ2) is 10.5. The molecule has 0 amide bonds. The highest BCUT2D eigenvalue weighted by Gasteiger charge is 2.54. The van der Waals surface area contributed by atoms with Gasteiger partial charge in [0.1, 0.15) is 6.79 Å². The number of hydrogen-bond acceptors (Lipinski definition) is 3. The van der Waals surface area contributed by atoms with Crippen LogP contribution < -0.4 is 0 Å². The zero-order chi connectivity index (χ0) is 24.4. The largest absolute Gasteiger partial charge is 0.414 e. The van der Waals surface area contributed by atoms with Gasteiger partial charge in [0.15, 0.2) is 8.32 Å². The summed E-state index contributed by atoms with van der Waals surface area (Å²) in [5, 5.41) is 0.266. The van der Waals surface area contributed by atoms with Crippen molar-refractivity contribution in [3.05, 3.63) is 24.8 Å². The minimum atomic E-state index is -1.76. The Bertz CT molecular complexity index is 648. The Labute approximate surface area is 200 Å². The van der Waals surface area contributed by atoms with Crippen molar-refractivity contribution in [2.75, 3.05) is 13.9 Å². The average molecular weight is 465 g/mol. The lowest BCUT2D eigenvalue weighted by molar-refractivity contribution is -0.0921. The minimum Gasteiger partial charge on any atom is -0.414 e. The topological polar surface area (TPSA) is 27.7 Å². The van der Waals surface area contributed by atoms with Crippen molar-refractivity contribution in [2.24, 2.45) is 29.1 Å². The van der Waals surface area contributed by atoms with E-state index in [1.54, 1.807) is 7.11 Å². The number of methoxy groups -OCH3 is 1. The van der Waals surface area contributed by atoms with Gasteiger partial charge in [0.2, 0.25) is 0 Å². The summed E-state index contributed by atoms with van der Waals surface area (Å²) < 4.78 is 18.0. The van der Waals surface area contributed by atoms with Gasteiger partial charge in [0.05, 0.1) is 5.60 Å². The molecule has 3 nitrogen and oxygen atoms in total. The standard InChI is InChI=1S/C28H52O3Si/c1-12-22(17-19-27(6,7)30-20-29-9)21(2)23-15-16-24-25(14-13-18-28(23,24)8)31-32(10,11)26(3,4)5/h12,17,19,21-25H,1,13-16,18,20H2,2-11H3/b19-17+/t21-,22-,23-,24+,25+,28-/m1/s1. The highest BCUT2D eigenvalue weighted by Crippen LogP contribution is 2.60. The molecular weight excluding hydrogens is 412 g/mol. The number of ether oxygens (including phenoxy) is 2. The lowest BCUT2D eigenvalue weighted by Crippen LogP contribution is -2.50. The SMILES string of the molecule is C=C[C@H](/C=C/C(C)(C)OCOC)[C@@H](C)[C@H]1CC[C@H]2[C@@H](O[Si](C)(C)C(C)(C)C)CCC[C@]12C. The monoisotopic (exact) mass is 464 g/mol. The maximum atomic E-state index is 7.04. The molecule has 0 spiro atoms. The number of hydrogen-bond donors (Lipinski definition) is 0. The Balaban J connectivity index is 2.17. The molecule has 0 aliphatic heterocycles. The van der Waals surface area contributed by atoms with Crippen LogP contribution in [-0.4, -0.2) is 33.9 Å². The van der Waals surface area contributed by atoms with Crippen molar-refractivity contribution in [3.8, 4) is 0 Å². The van der Waals surface area contributed by atoms with E-state index in [0.29, 0.717) is 42.0 Å². The molecule has 32 heavy (non-hydrogen) atoms. The maximum Gasteiger partial charge on any atom is 0.192 e. The first-order chi connectivity index (χ1) is 14.7. The van der Waals surface area contributed by atoms with Gasteiger partial charge in [-0.15, -0.1) is 6.58 Å². The molecule has 0 unspecified atom stereocenters. The molecule has 2 rings (SSSR count). The van der Waals surface area contributed by atoms with Crippen molar-refractivity contribution >= 4 is 8.32 Å². The molecule has 2 fully saturated rings. The van der Waals surface area contributed by atoms with Gasteiger partial charge < -0.3 is 13.9 Å². The Morgan fingerprint density at radius 3 is 2.34 bits per heavy atom. The van der Waals surface area contributed by atoms with E-state index in [1.165, 1.54) is 32.1 Å². The fourth-order valence-corrected chi connectivity index (χ4v) is 7.45. The quantitative estimate of drug-likeness (QED) is 0.186. The lowest BCUT2D eigenvalue weighted by atomic mass is 9.60. The second-order valence-electron chi connectivity index (χ2n) is 12.8. The third kappa shape index (κ3) is 6.17. The highest BCUT2D eigenvalue weighted by atomic mass is 28.4. The molecule has 2 aliphatic carbocycles. The summed E-state index contributed by atoms with van der Waals surface area (Å²) in [6.45, 7) is 25.6. The van der Waals surface area contributed by atoms with Gasteiger partial charge in [-0.1, -0.05) is 59.3 Å². The van der Waals surface area contributed by atoms with Crippen LogP contribution in [0.2, 0.25) is 18.1 Å². The molecule has 2 aliphatic rings. The molecule has 0 aromatic heterocycles. The third-order valence-electron chi connectivity index (χ3n) is 9.17. The summed E-state index contributed by atoms with van der Waals surface area (Å²) in [5.41, 5.74) is 0.0217. The predicted molar refractivity (Wildman–Crippen MR) is 139 cm³/mol. The fourth-order valence-electron chi connectivity index (χ4n) is 6.06. The molecule has 6 atom stereocenters. The molecule has 2 saturated carbocycles. The van der Waals surface area contributed by atoms with Crippen molar-refractivity contribution in [1.29, 1.82) is 0 Å². The molecule has 0 saturated heterocycles. The molecule has 0 heterocycles. The summed E-state index contributed by atoms with van der Waals surface area (Å²) >= 11 is 0. The molecule has 4 heteroatoms. The summed E-state index contributed by atoms with van der Waals surface area (Å²) in [7, 11) is -0.0948. The van der Waals surface area contributed by atoms with Crippen LogP contribution in [0.25, 0.3) is 0 Å².